The second-order valence-corrected chi connectivity index (χ2v) is 9.25. The average Bonchev–Trinajstić information content (AvgIpc) is 2.86. The number of unbranched alkanes of at least 4 members (excludes halogenated alkanes) is 7. The Kier molecular flexibility index (Phi) is 13.7. The van der Waals surface area contributed by atoms with Gasteiger partial charge in [-0.15, -0.1) is 0 Å². The van der Waals surface area contributed by atoms with E-state index in [1.807, 2.05) is 6.92 Å². The molecule has 36 heavy (non-hydrogen) atoms. The van der Waals surface area contributed by atoms with Crippen LogP contribution in [-0.2, 0) is 23.7 Å². The zero-order valence-corrected chi connectivity index (χ0v) is 20.7. The lowest BCUT2D eigenvalue weighted by molar-refractivity contribution is -0.354. The number of aliphatic hydroxyl groups is 6. The predicted molar refractivity (Wildman–Crippen MR) is 125 cm³/mol. The molecular formula is C24H42O12. The number of hydrogen-bond acceptors (Lipinski definition) is 11. The van der Waals surface area contributed by atoms with Crippen molar-refractivity contribution in [3.05, 3.63) is 12.2 Å². The lowest BCUT2D eigenvalue weighted by Crippen LogP contribution is -2.65. The van der Waals surface area contributed by atoms with Crippen LogP contribution in [0.25, 0.3) is 0 Å². The van der Waals surface area contributed by atoms with E-state index in [0.717, 1.165) is 32.1 Å². The fourth-order valence-electron chi connectivity index (χ4n) is 4.27. The molecule has 6 unspecified atom stereocenters. The van der Waals surface area contributed by atoms with Crippen LogP contribution in [0.15, 0.2) is 12.2 Å². The van der Waals surface area contributed by atoms with Crippen LogP contribution in [0.3, 0.4) is 0 Å². The lowest BCUT2D eigenvalue weighted by Gasteiger charge is -2.45. The van der Waals surface area contributed by atoms with Gasteiger partial charge in [0, 0.05) is 6.61 Å². The number of allylic oxidation sites excluding steroid dienone is 2. The van der Waals surface area contributed by atoms with Crippen molar-refractivity contribution >= 4 is 5.97 Å². The first-order chi connectivity index (χ1) is 17.2. The molecule has 0 saturated carbocycles. The molecule has 0 radical (unpaired) electrons. The minimum Gasteiger partial charge on any atom is -0.479 e. The second-order valence-electron chi connectivity index (χ2n) is 9.25. The molecule has 210 valence electrons. The molecule has 2 heterocycles. The summed E-state index contributed by atoms with van der Waals surface area (Å²) < 4.78 is 21.4. The summed E-state index contributed by atoms with van der Waals surface area (Å²) in [5.41, 5.74) is 0. The first-order valence-electron chi connectivity index (χ1n) is 12.7. The Bertz CT molecular complexity index is 659. The fraction of sp³-hybridized carbons (Fsp3) is 0.875. The largest absolute Gasteiger partial charge is 0.479 e. The molecule has 0 amide bonds. The quantitative estimate of drug-likeness (QED) is 0.107. The van der Waals surface area contributed by atoms with Gasteiger partial charge in [0.25, 0.3) is 0 Å². The van der Waals surface area contributed by atoms with E-state index in [1.54, 1.807) is 0 Å². The van der Waals surface area contributed by atoms with Crippen LogP contribution in [0.5, 0.6) is 0 Å². The Labute approximate surface area is 211 Å². The van der Waals surface area contributed by atoms with Gasteiger partial charge in [-0.25, -0.2) is 4.79 Å². The highest BCUT2D eigenvalue weighted by Crippen LogP contribution is 2.30. The van der Waals surface area contributed by atoms with Crippen molar-refractivity contribution in [2.24, 2.45) is 0 Å². The zero-order chi connectivity index (χ0) is 26.7. The van der Waals surface area contributed by atoms with E-state index in [4.69, 9.17) is 18.9 Å². The monoisotopic (exact) mass is 522 g/mol. The van der Waals surface area contributed by atoms with Crippen molar-refractivity contribution < 1.29 is 59.5 Å². The molecule has 12 heteroatoms. The summed E-state index contributed by atoms with van der Waals surface area (Å²) in [7, 11) is 0. The van der Waals surface area contributed by atoms with E-state index in [2.05, 4.69) is 12.2 Å². The van der Waals surface area contributed by atoms with Gasteiger partial charge in [0.05, 0.1) is 6.61 Å². The highest BCUT2D eigenvalue weighted by atomic mass is 16.7. The summed E-state index contributed by atoms with van der Waals surface area (Å²) in [5.74, 6) is -1.52. The number of ether oxygens (including phenoxy) is 4. The zero-order valence-electron chi connectivity index (χ0n) is 20.7. The molecule has 0 aromatic heterocycles. The Morgan fingerprint density at radius 1 is 0.806 bits per heavy atom. The van der Waals surface area contributed by atoms with Gasteiger partial charge < -0.3 is 54.7 Å². The number of rotatable bonds is 15. The van der Waals surface area contributed by atoms with Crippen LogP contribution in [0.2, 0.25) is 0 Å². The van der Waals surface area contributed by atoms with Gasteiger partial charge >= 0.3 is 5.97 Å². The van der Waals surface area contributed by atoms with E-state index in [9.17, 15) is 40.5 Å². The van der Waals surface area contributed by atoms with E-state index in [-0.39, 0.29) is 6.61 Å². The van der Waals surface area contributed by atoms with Crippen LogP contribution >= 0.6 is 0 Å². The number of carboxylic acid groups (broad SMARTS) is 1. The average molecular weight is 523 g/mol. The fourth-order valence-corrected chi connectivity index (χ4v) is 4.27. The van der Waals surface area contributed by atoms with Gasteiger partial charge in [-0.3, -0.25) is 0 Å². The summed E-state index contributed by atoms with van der Waals surface area (Å²) >= 11 is 0. The maximum absolute atomic E-state index is 11.8. The standard InChI is InChI=1S/C24H42O12/c1-2-3-4-5-6-7-8-9-10-11-12-33-23-19(30)17(28)20(21(36-23)22(31)32)35-24-18(29)16(27)15(26)14(13-25)34-24/h2-3,14-21,23-30H,4-13H2,1H3,(H,31,32)/b3-2-/t14?,15-,16?,17?,18?,19?,20-,21?,23-,24+/m1/s1. The Balaban J connectivity index is 1.81. The van der Waals surface area contributed by atoms with Gasteiger partial charge in [0.15, 0.2) is 18.7 Å². The highest BCUT2D eigenvalue weighted by Gasteiger charge is 2.52. The molecule has 7 N–H and O–H groups in total. The van der Waals surface area contributed by atoms with E-state index in [1.165, 1.54) is 12.8 Å². The highest BCUT2D eigenvalue weighted by molar-refractivity contribution is 5.73. The lowest BCUT2D eigenvalue weighted by atomic mass is 9.97. The smallest absolute Gasteiger partial charge is 0.335 e. The minimum atomic E-state index is -1.82. The third kappa shape index (κ3) is 8.69. The van der Waals surface area contributed by atoms with Gasteiger partial charge in [-0.1, -0.05) is 44.3 Å². The molecule has 2 aliphatic rings. The molecule has 2 saturated heterocycles. The van der Waals surface area contributed by atoms with Crippen LogP contribution in [0, 0.1) is 0 Å². The number of hydrogen-bond donors (Lipinski definition) is 7. The van der Waals surface area contributed by atoms with Crippen molar-refractivity contribution in [3.8, 4) is 0 Å². The molecule has 12 nitrogen and oxygen atoms in total. The number of carboxylic acids is 1. The summed E-state index contributed by atoms with van der Waals surface area (Å²) in [6.07, 6.45) is -4.04. The first-order valence-corrected chi connectivity index (χ1v) is 12.7. The molecule has 0 bridgehead atoms. The number of carbonyl (C=O) groups is 1. The van der Waals surface area contributed by atoms with Crippen LogP contribution < -0.4 is 0 Å². The molecule has 2 aliphatic heterocycles. The maximum atomic E-state index is 11.8. The van der Waals surface area contributed by atoms with Gasteiger partial charge in [-0.05, 0) is 26.2 Å². The van der Waals surface area contributed by atoms with Crippen molar-refractivity contribution in [3.63, 3.8) is 0 Å². The molecule has 2 rings (SSSR count). The summed E-state index contributed by atoms with van der Waals surface area (Å²) in [4.78, 5) is 11.8. The summed E-state index contributed by atoms with van der Waals surface area (Å²) in [6, 6.07) is 0. The van der Waals surface area contributed by atoms with E-state index >= 15 is 0 Å². The third-order valence-electron chi connectivity index (χ3n) is 6.46. The molecule has 10 atom stereocenters. The molecule has 0 aromatic carbocycles. The molecular weight excluding hydrogens is 480 g/mol. The van der Waals surface area contributed by atoms with Crippen molar-refractivity contribution in [2.45, 2.75) is 120 Å². The first kappa shape index (κ1) is 31.0. The van der Waals surface area contributed by atoms with E-state index < -0.39 is 74.0 Å². The molecule has 0 aromatic rings. The van der Waals surface area contributed by atoms with Crippen molar-refractivity contribution in [2.75, 3.05) is 13.2 Å². The Hall–Kier alpha value is -1.19. The van der Waals surface area contributed by atoms with Crippen molar-refractivity contribution in [1.29, 1.82) is 0 Å². The number of aliphatic carboxylic acids is 1. The van der Waals surface area contributed by atoms with Crippen molar-refractivity contribution in [1.82, 2.24) is 0 Å². The van der Waals surface area contributed by atoms with Gasteiger partial charge in [0.2, 0.25) is 0 Å². The number of aliphatic hydroxyl groups excluding tert-OH is 6. The topological polar surface area (TPSA) is 196 Å². The Morgan fingerprint density at radius 3 is 2.03 bits per heavy atom. The molecule has 2 fully saturated rings. The summed E-state index contributed by atoms with van der Waals surface area (Å²) in [6.45, 7) is 1.49. The van der Waals surface area contributed by atoms with Crippen LogP contribution in [0.1, 0.15) is 58.3 Å². The molecule has 0 spiro atoms. The molecule has 0 aliphatic carbocycles. The normalized spacial score (nSPS) is 37.4. The minimum absolute atomic E-state index is 0.195. The second kappa shape index (κ2) is 15.9. The maximum Gasteiger partial charge on any atom is 0.335 e. The van der Waals surface area contributed by atoms with E-state index in [0.29, 0.717) is 6.42 Å². The SMILES string of the molecule is C/C=C\CCCCCCCCCO[C@@H]1OC(C(=O)O)[C@H](O[C@@H]2OC(CO)[C@@H](O)C(O)C2O)C(O)C1O. The third-order valence-corrected chi connectivity index (χ3v) is 6.46. The van der Waals surface area contributed by atoms with Crippen LogP contribution in [0.4, 0.5) is 0 Å². The van der Waals surface area contributed by atoms with Gasteiger partial charge in [0.1, 0.15) is 42.7 Å². The summed E-state index contributed by atoms with van der Waals surface area (Å²) in [5, 5.41) is 69.8. The Morgan fingerprint density at radius 2 is 1.42 bits per heavy atom. The van der Waals surface area contributed by atoms with Crippen LogP contribution in [-0.4, -0.2) is 116 Å². The predicted octanol–water partition coefficient (Wildman–Crippen LogP) is -0.584. The van der Waals surface area contributed by atoms with Gasteiger partial charge in [-0.2, -0.15) is 0 Å².